The zero-order valence-corrected chi connectivity index (χ0v) is 12.3. The molecule has 0 bridgehead atoms. The molecular formula is C16H19NO4. The van der Waals surface area contributed by atoms with E-state index in [9.17, 15) is 9.59 Å². The summed E-state index contributed by atoms with van der Waals surface area (Å²) in [4.78, 5) is 22.3. The summed E-state index contributed by atoms with van der Waals surface area (Å²) in [7, 11) is 0. The van der Waals surface area contributed by atoms with Gasteiger partial charge in [0.05, 0.1) is 0 Å². The molecule has 0 saturated carbocycles. The number of esters is 2. The lowest BCUT2D eigenvalue weighted by Gasteiger charge is -2.01. The van der Waals surface area contributed by atoms with Gasteiger partial charge in [0.15, 0.2) is 0 Å². The molecule has 21 heavy (non-hydrogen) atoms. The van der Waals surface area contributed by atoms with Crippen LogP contribution in [0.25, 0.3) is 0 Å². The predicted molar refractivity (Wildman–Crippen MR) is 78.0 cm³/mol. The van der Waals surface area contributed by atoms with Crippen molar-refractivity contribution in [3.05, 3.63) is 47.0 Å². The molecule has 0 aromatic carbocycles. The molecule has 0 atom stereocenters. The number of carbonyl (C=O) groups excluding carboxylic acids is 2. The Balaban J connectivity index is 1.59. The largest absolute Gasteiger partial charge is 0.424 e. The number of nitrogens with one attached hydrogen (secondary N) is 1. The summed E-state index contributed by atoms with van der Waals surface area (Å²) in [5.74, 6) is 0.713. The number of cyclic esters (lactones) is 2. The van der Waals surface area contributed by atoms with E-state index in [-0.39, 0.29) is 11.9 Å². The molecule has 0 amide bonds. The van der Waals surface area contributed by atoms with Crippen molar-refractivity contribution >= 4 is 11.9 Å². The van der Waals surface area contributed by atoms with E-state index < -0.39 is 0 Å². The topological polar surface area (TPSA) is 64.6 Å². The first-order valence-electron chi connectivity index (χ1n) is 6.98. The zero-order chi connectivity index (χ0) is 15.2. The maximum atomic E-state index is 11.1. The molecule has 2 aliphatic heterocycles. The highest BCUT2D eigenvalue weighted by atomic mass is 16.5. The third kappa shape index (κ3) is 4.43. The molecular weight excluding hydrogens is 270 g/mol. The smallest absolute Gasteiger partial charge is 0.339 e. The highest BCUT2D eigenvalue weighted by molar-refractivity contribution is 5.92. The van der Waals surface area contributed by atoms with Crippen LogP contribution >= 0.6 is 0 Å². The van der Waals surface area contributed by atoms with E-state index in [1.54, 1.807) is 26.0 Å². The van der Waals surface area contributed by atoms with Gasteiger partial charge in [0.25, 0.3) is 0 Å². The summed E-state index contributed by atoms with van der Waals surface area (Å²) in [6, 6.07) is 0. The van der Waals surface area contributed by atoms with Gasteiger partial charge in [-0.05, 0) is 64.1 Å². The minimum absolute atomic E-state index is 0.268. The van der Waals surface area contributed by atoms with Gasteiger partial charge >= 0.3 is 11.9 Å². The summed E-state index contributed by atoms with van der Waals surface area (Å²) in [5.41, 5.74) is 1.27. The average molecular weight is 289 g/mol. The fourth-order valence-electron chi connectivity index (χ4n) is 1.94. The standard InChI is InChI=1S/C16H19NO4/c1-11-9-13(20-15(11)18)5-3-7-17-8-4-6-14-10-12(2)16(19)21-14/h5-6,9-10,17H,3-4,7-8H2,1-2H3/b13-5+,14-6+. The zero-order valence-electron chi connectivity index (χ0n) is 12.3. The van der Waals surface area contributed by atoms with E-state index in [0.29, 0.717) is 22.7 Å². The number of carbonyl (C=O) groups is 2. The molecule has 0 spiro atoms. The Kier molecular flexibility index (Phi) is 5.11. The first-order valence-corrected chi connectivity index (χ1v) is 6.98. The first kappa shape index (κ1) is 15.3. The molecule has 0 unspecified atom stereocenters. The summed E-state index contributed by atoms with van der Waals surface area (Å²) in [6.07, 6.45) is 8.86. The van der Waals surface area contributed by atoms with Crippen LogP contribution in [0.5, 0.6) is 0 Å². The van der Waals surface area contributed by atoms with Gasteiger partial charge in [-0.25, -0.2) is 9.59 Å². The summed E-state index contributed by atoms with van der Waals surface area (Å²) < 4.78 is 10.1. The second-order valence-electron chi connectivity index (χ2n) is 4.97. The van der Waals surface area contributed by atoms with Crippen molar-refractivity contribution < 1.29 is 19.1 Å². The highest BCUT2D eigenvalue weighted by Crippen LogP contribution is 2.17. The Bertz CT molecular complexity index is 517. The number of rotatable bonds is 6. The van der Waals surface area contributed by atoms with Gasteiger partial charge < -0.3 is 14.8 Å². The Morgan fingerprint density at radius 1 is 0.905 bits per heavy atom. The molecule has 0 fully saturated rings. The van der Waals surface area contributed by atoms with Crippen LogP contribution in [0.4, 0.5) is 0 Å². The van der Waals surface area contributed by atoms with E-state index in [1.807, 2.05) is 12.2 Å². The van der Waals surface area contributed by atoms with Crippen molar-refractivity contribution in [3.63, 3.8) is 0 Å². The van der Waals surface area contributed by atoms with Gasteiger partial charge in [-0.2, -0.15) is 0 Å². The lowest BCUT2D eigenvalue weighted by atomic mass is 10.2. The fraction of sp³-hybridized carbons (Fsp3) is 0.375. The highest BCUT2D eigenvalue weighted by Gasteiger charge is 2.16. The number of ether oxygens (including phenoxy) is 2. The molecule has 0 aliphatic carbocycles. The van der Waals surface area contributed by atoms with E-state index >= 15 is 0 Å². The molecule has 2 aliphatic rings. The predicted octanol–water partition coefficient (Wildman–Crippen LogP) is 2.13. The monoisotopic (exact) mass is 289 g/mol. The van der Waals surface area contributed by atoms with Crippen LogP contribution in [-0.2, 0) is 19.1 Å². The maximum Gasteiger partial charge on any atom is 0.339 e. The Morgan fingerprint density at radius 3 is 1.67 bits per heavy atom. The van der Waals surface area contributed by atoms with E-state index in [2.05, 4.69) is 5.32 Å². The Morgan fingerprint density at radius 2 is 1.33 bits per heavy atom. The van der Waals surface area contributed by atoms with Crippen molar-refractivity contribution in [2.45, 2.75) is 26.7 Å². The Labute approximate surface area is 124 Å². The Hall–Kier alpha value is -2.14. The van der Waals surface area contributed by atoms with Crippen molar-refractivity contribution in [2.24, 2.45) is 0 Å². The van der Waals surface area contributed by atoms with Crippen LogP contribution in [-0.4, -0.2) is 25.0 Å². The van der Waals surface area contributed by atoms with E-state index in [1.165, 1.54) is 0 Å². The number of hydrogen-bond donors (Lipinski definition) is 1. The van der Waals surface area contributed by atoms with E-state index in [0.717, 1.165) is 25.9 Å². The number of allylic oxidation sites excluding steroid dienone is 2. The second-order valence-corrected chi connectivity index (χ2v) is 4.97. The second kappa shape index (κ2) is 7.04. The molecule has 5 heteroatoms. The van der Waals surface area contributed by atoms with Gasteiger partial charge in [-0.15, -0.1) is 0 Å². The van der Waals surface area contributed by atoms with Gasteiger partial charge in [-0.3, -0.25) is 0 Å². The average Bonchev–Trinajstić information content (AvgIpc) is 2.92. The van der Waals surface area contributed by atoms with Crippen molar-refractivity contribution in [1.29, 1.82) is 0 Å². The number of hydrogen-bond acceptors (Lipinski definition) is 5. The molecule has 0 aromatic heterocycles. The summed E-state index contributed by atoms with van der Waals surface area (Å²) in [6.45, 7) is 5.07. The SMILES string of the molecule is CC1=C/C(=C\CCNCC/C=C2\C=C(C)C(=O)O2)OC1=O. The summed E-state index contributed by atoms with van der Waals surface area (Å²) >= 11 is 0. The van der Waals surface area contributed by atoms with Crippen molar-refractivity contribution in [2.75, 3.05) is 13.1 Å². The first-order chi connectivity index (χ1) is 10.1. The summed E-state index contributed by atoms with van der Waals surface area (Å²) in [5, 5.41) is 3.27. The molecule has 112 valence electrons. The lowest BCUT2D eigenvalue weighted by molar-refractivity contribution is -0.134. The normalized spacial score (nSPS) is 21.6. The van der Waals surface area contributed by atoms with E-state index in [4.69, 9.17) is 9.47 Å². The molecule has 2 heterocycles. The van der Waals surface area contributed by atoms with Crippen molar-refractivity contribution in [1.82, 2.24) is 5.32 Å². The quantitative estimate of drug-likeness (QED) is 0.599. The molecule has 0 aromatic rings. The third-order valence-corrected chi connectivity index (χ3v) is 3.12. The molecule has 0 radical (unpaired) electrons. The van der Waals surface area contributed by atoms with Crippen molar-refractivity contribution in [3.8, 4) is 0 Å². The van der Waals surface area contributed by atoms with Crippen LogP contribution in [0.3, 0.4) is 0 Å². The minimum Gasteiger partial charge on any atom is -0.424 e. The van der Waals surface area contributed by atoms with Crippen LogP contribution in [0.15, 0.2) is 47.0 Å². The van der Waals surface area contributed by atoms with Crippen LogP contribution in [0.2, 0.25) is 0 Å². The van der Waals surface area contributed by atoms with Crippen LogP contribution < -0.4 is 5.32 Å². The molecule has 2 rings (SSSR count). The maximum absolute atomic E-state index is 11.1. The van der Waals surface area contributed by atoms with Gasteiger partial charge in [-0.1, -0.05) is 0 Å². The third-order valence-electron chi connectivity index (χ3n) is 3.12. The molecule has 0 saturated heterocycles. The molecule has 1 N–H and O–H groups in total. The van der Waals surface area contributed by atoms with Crippen LogP contribution in [0.1, 0.15) is 26.7 Å². The van der Waals surface area contributed by atoms with Gasteiger partial charge in [0, 0.05) is 11.1 Å². The van der Waals surface area contributed by atoms with Gasteiger partial charge in [0.2, 0.25) is 0 Å². The minimum atomic E-state index is -0.268. The van der Waals surface area contributed by atoms with Gasteiger partial charge in [0.1, 0.15) is 11.5 Å². The van der Waals surface area contributed by atoms with Crippen LogP contribution in [0, 0.1) is 0 Å². The fourth-order valence-corrected chi connectivity index (χ4v) is 1.94. The molecule has 5 nitrogen and oxygen atoms in total. The lowest BCUT2D eigenvalue weighted by Crippen LogP contribution is -2.15.